The van der Waals surface area contributed by atoms with Crippen molar-refractivity contribution < 1.29 is 0 Å². The normalized spacial score (nSPS) is 21.5. The van der Waals surface area contributed by atoms with Crippen LogP contribution in [0.1, 0.15) is 88.5 Å². The summed E-state index contributed by atoms with van der Waals surface area (Å²) in [5.74, 6) is 2.73. The molecule has 2 aliphatic rings. The van der Waals surface area contributed by atoms with E-state index in [0.717, 1.165) is 25.4 Å². The monoisotopic (exact) mass is 289 g/mol. The number of hydrogen-bond acceptors (Lipinski definition) is 2. The summed E-state index contributed by atoms with van der Waals surface area (Å²) in [6.45, 7) is 9.04. The second-order valence-electron chi connectivity index (χ2n) is 7.19. The fraction of sp³-hybridized carbons (Fsp3) is 0.833. The summed E-state index contributed by atoms with van der Waals surface area (Å²) in [5.41, 5.74) is 2.86. The lowest BCUT2D eigenvalue weighted by atomic mass is 9.82. The topological polar surface area (TPSA) is 29.9 Å². The van der Waals surface area contributed by atoms with Gasteiger partial charge < -0.3 is 9.88 Å². The zero-order chi connectivity index (χ0) is 14.8. The minimum Gasteiger partial charge on any atom is -0.328 e. The van der Waals surface area contributed by atoms with Crippen molar-refractivity contribution in [3.05, 3.63) is 17.2 Å². The Morgan fingerprint density at radius 3 is 2.67 bits per heavy atom. The molecule has 0 bridgehead atoms. The Balaban J connectivity index is 1.99. The van der Waals surface area contributed by atoms with Crippen LogP contribution in [-0.2, 0) is 13.0 Å². The van der Waals surface area contributed by atoms with Crippen molar-refractivity contribution in [2.45, 2.75) is 84.2 Å². The molecule has 21 heavy (non-hydrogen) atoms. The molecule has 0 amide bonds. The highest BCUT2D eigenvalue weighted by Gasteiger charge is 2.30. The van der Waals surface area contributed by atoms with Gasteiger partial charge in [0.15, 0.2) is 0 Å². The molecule has 1 fully saturated rings. The van der Waals surface area contributed by atoms with Crippen LogP contribution < -0.4 is 5.32 Å². The first-order valence-corrected chi connectivity index (χ1v) is 9.03. The van der Waals surface area contributed by atoms with E-state index < -0.39 is 0 Å². The summed E-state index contributed by atoms with van der Waals surface area (Å²) < 4.78 is 2.68. The summed E-state index contributed by atoms with van der Waals surface area (Å²) >= 11 is 0. The van der Waals surface area contributed by atoms with Crippen LogP contribution >= 0.6 is 0 Å². The Morgan fingerprint density at radius 2 is 2.00 bits per heavy atom. The van der Waals surface area contributed by atoms with Crippen LogP contribution in [0.3, 0.4) is 0 Å². The largest absolute Gasteiger partial charge is 0.328 e. The molecular weight excluding hydrogens is 258 g/mol. The van der Waals surface area contributed by atoms with Gasteiger partial charge in [0.25, 0.3) is 0 Å². The van der Waals surface area contributed by atoms with Gasteiger partial charge in [0.05, 0.1) is 5.69 Å². The summed E-state index contributed by atoms with van der Waals surface area (Å²) in [4.78, 5) is 5.01. The molecule has 1 unspecified atom stereocenters. The van der Waals surface area contributed by atoms with E-state index >= 15 is 0 Å². The van der Waals surface area contributed by atoms with Crippen molar-refractivity contribution in [2.24, 2.45) is 5.92 Å². The van der Waals surface area contributed by atoms with Crippen molar-refractivity contribution in [2.75, 3.05) is 6.54 Å². The third-order valence-corrected chi connectivity index (χ3v) is 5.41. The molecule has 2 heterocycles. The molecule has 0 radical (unpaired) electrons. The van der Waals surface area contributed by atoms with Crippen LogP contribution in [0.5, 0.6) is 0 Å². The second kappa shape index (κ2) is 6.51. The maximum absolute atomic E-state index is 5.01. The smallest absolute Gasteiger partial charge is 0.112 e. The Kier molecular flexibility index (Phi) is 4.68. The van der Waals surface area contributed by atoms with Gasteiger partial charge in [-0.2, -0.15) is 0 Å². The van der Waals surface area contributed by atoms with Crippen molar-refractivity contribution in [3.63, 3.8) is 0 Å². The third-order valence-electron chi connectivity index (χ3n) is 5.41. The van der Waals surface area contributed by atoms with Crippen LogP contribution in [0.15, 0.2) is 0 Å². The first-order valence-electron chi connectivity index (χ1n) is 9.03. The van der Waals surface area contributed by atoms with E-state index in [1.807, 2.05) is 0 Å². The molecule has 3 rings (SSSR count). The van der Waals surface area contributed by atoms with E-state index in [2.05, 4.69) is 30.7 Å². The lowest BCUT2D eigenvalue weighted by Crippen LogP contribution is -2.29. The molecule has 1 saturated carbocycles. The SMILES string of the molecule is CCC(C1CCCCC1)n1c(C(C)C)nc2c1CCNC2. The summed E-state index contributed by atoms with van der Waals surface area (Å²) in [5, 5.41) is 3.48. The van der Waals surface area contributed by atoms with Crippen LogP contribution in [0.2, 0.25) is 0 Å². The number of fused-ring (bicyclic) bond motifs is 1. The summed E-state index contributed by atoms with van der Waals surface area (Å²) in [7, 11) is 0. The maximum Gasteiger partial charge on any atom is 0.112 e. The van der Waals surface area contributed by atoms with E-state index in [4.69, 9.17) is 4.98 Å². The molecule has 0 spiro atoms. The van der Waals surface area contributed by atoms with E-state index in [1.165, 1.54) is 55.7 Å². The van der Waals surface area contributed by atoms with E-state index in [-0.39, 0.29) is 0 Å². The van der Waals surface area contributed by atoms with Gasteiger partial charge in [-0.25, -0.2) is 4.98 Å². The number of nitrogens with zero attached hydrogens (tertiary/aromatic N) is 2. The molecule has 1 atom stereocenters. The highest BCUT2D eigenvalue weighted by molar-refractivity contribution is 5.23. The number of hydrogen-bond donors (Lipinski definition) is 1. The zero-order valence-electron chi connectivity index (χ0n) is 14.0. The van der Waals surface area contributed by atoms with Crippen LogP contribution in [0.4, 0.5) is 0 Å². The molecule has 1 aromatic heterocycles. The molecule has 0 saturated heterocycles. The average Bonchev–Trinajstić information content (AvgIpc) is 2.89. The number of rotatable bonds is 4. The molecule has 0 aromatic carbocycles. The lowest BCUT2D eigenvalue weighted by molar-refractivity contribution is 0.233. The Labute approximate surface area is 129 Å². The van der Waals surface area contributed by atoms with Gasteiger partial charge in [-0.05, 0) is 25.2 Å². The van der Waals surface area contributed by atoms with Gasteiger partial charge in [-0.3, -0.25) is 0 Å². The Hall–Kier alpha value is -0.830. The fourth-order valence-electron chi connectivity index (χ4n) is 4.38. The van der Waals surface area contributed by atoms with Crippen molar-refractivity contribution in [3.8, 4) is 0 Å². The van der Waals surface area contributed by atoms with Crippen LogP contribution in [-0.4, -0.2) is 16.1 Å². The van der Waals surface area contributed by atoms with Gasteiger partial charge in [-0.1, -0.05) is 40.0 Å². The number of nitrogens with one attached hydrogen (secondary N) is 1. The Bertz CT molecular complexity index is 469. The predicted octanol–water partition coefficient (Wildman–Crippen LogP) is 4.18. The first-order chi connectivity index (χ1) is 10.2. The molecule has 3 nitrogen and oxygen atoms in total. The van der Waals surface area contributed by atoms with Gasteiger partial charge in [0, 0.05) is 37.2 Å². The number of aromatic nitrogens is 2. The van der Waals surface area contributed by atoms with E-state index in [1.54, 1.807) is 0 Å². The third kappa shape index (κ3) is 2.90. The van der Waals surface area contributed by atoms with Gasteiger partial charge in [-0.15, -0.1) is 0 Å². The standard InChI is InChI=1S/C18H31N3/c1-4-16(14-8-6-5-7-9-14)21-17-10-11-19-12-15(17)20-18(21)13(2)3/h13-14,16,19H,4-12H2,1-3H3. The van der Waals surface area contributed by atoms with E-state index in [0.29, 0.717) is 12.0 Å². The molecule has 1 aliphatic carbocycles. The maximum atomic E-state index is 5.01. The number of imidazole rings is 1. The van der Waals surface area contributed by atoms with Crippen molar-refractivity contribution in [1.82, 2.24) is 14.9 Å². The van der Waals surface area contributed by atoms with Gasteiger partial charge in [0.1, 0.15) is 5.82 Å². The van der Waals surface area contributed by atoms with Gasteiger partial charge >= 0.3 is 0 Å². The molecule has 1 aromatic rings. The highest BCUT2D eigenvalue weighted by atomic mass is 15.1. The van der Waals surface area contributed by atoms with Crippen molar-refractivity contribution in [1.29, 1.82) is 0 Å². The van der Waals surface area contributed by atoms with Crippen LogP contribution in [0.25, 0.3) is 0 Å². The van der Waals surface area contributed by atoms with E-state index in [9.17, 15) is 0 Å². The average molecular weight is 289 g/mol. The Morgan fingerprint density at radius 1 is 1.24 bits per heavy atom. The zero-order valence-corrected chi connectivity index (χ0v) is 14.0. The second-order valence-corrected chi connectivity index (χ2v) is 7.19. The lowest BCUT2D eigenvalue weighted by Gasteiger charge is -2.34. The van der Waals surface area contributed by atoms with Crippen molar-refractivity contribution >= 4 is 0 Å². The molecule has 1 aliphatic heterocycles. The minimum absolute atomic E-state index is 0.522. The molecule has 1 N–H and O–H groups in total. The summed E-state index contributed by atoms with van der Waals surface area (Å²) in [6.07, 6.45) is 9.53. The predicted molar refractivity (Wildman–Crippen MR) is 87.6 cm³/mol. The first kappa shape index (κ1) is 15.1. The quantitative estimate of drug-likeness (QED) is 0.901. The molecular formula is C18H31N3. The minimum atomic E-state index is 0.522. The van der Waals surface area contributed by atoms with Gasteiger partial charge in [0.2, 0.25) is 0 Å². The fourth-order valence-corrected chi connectivity index (χ4v) is 4.38. The molecule has 118 valence electrons. The van der Waals surface area contributed by atoms with Crippen LogP contribution in [0, 0.1) is 5.92 Å². The molecule has 3 heteroatoms. The highest BCUT2D eigenvalue weighted by Crippen LogP contribution is 2.38. The summed E-state index contributed by atoms with van der Waals surface area (Å²) in [6, 6.07) is 0.678.